The molecule has 1 saturated heterocycles. The van der Waals surface area contributed by atoms with Gasteiger partial charge in [-0.2, -0.15) is 0 Å². The van der Waals surface area contributed by atoms with Crippen molar-refractivity contribution in [2.24, 2.45) is 0 Å². The number of carbonyl (C=O) groups excluding carboxylic acids is 1. The highest BCUT2D eigenvalue weighted by Gasteiger charge is 2.26. The number of carbonyl (C=O) groups is 1. The summed E-state index contributed by atoms with van der Waals surface area (Å²) in [5.74, 6) is -4.89. The highest BCUT2D eigenvalue weighted by atomic mass is 19.2. The molecule has 0 bridgehead atoms. The quantitative estimate of drug-likeness (QED) is 0.771. The monoisotopic (exact) mass is 329 g/mol. The number of piperazine rings is 1. The van der Waals surface area contributed by atoms with Crippen LogP contribution in [0.1, 0.15) is 16.8 Å². The van der Waals surface area contributed by atoms with Crippen LogP contribution in [0.3, 0.4) is 0 Å². The normalized spacial score (nSPS) is 16.2. The van der Waals surface area contributed by atoms with E-state index in [9.17, 15) is 18.0 Å². The van der Waals surface area contributed by atoms with Crippen LogP contribution in [0.5, 0.6) is 0 Å². The number of rotatable bonds is 5. The standard InChI is InChI=1S/C16H22F3N3O/c1-20(2)6-3-7-21-8-10-22(11-9-21)16(23)12-4-5-13(17)15(19)14(12)18/h4-5H,3,6-11H2,1-2H3. The van der Waals surface area contributed by atoms with E-state index in [1.54, 1.807) is 0 Å². The summed E-state index contributed by atoms with van der Waals surface area (Å²) in [6, 6.07) is 1.78. The van der Waals surface area contributed by atoms with Gasteiger partial charge in [0.25, 0.3) is 5.91 Å². The highest BCUT2D eigenvalue weighted by Crippen LogP contribution is 2.18. The van der Waals surface area contributed by atoms with Crippen molar-refractivity contribution in [2.75, 3.05) is 53.4 Å². The third-order valence-electron chi connectivity index (χ3n) is 4.00. The minimum Gasteiger partial charge on any atom is -0.336 e. The molecule has 4 nitrogen and oxygen atoms in total. The zero-order valence-corrected chi connectivity index (χ0v) is 13.5. The first-order valence-corrected chi connectivity index (χ1v) is 7.70. The zero-order chi connectivity index (χ0) is 17.0. The Balaban J connectivity index is 1.90. The first-order valence-electron chi connectivity index (χ1n) is 7.70. The fraction of sp³-hybridized carbons (Fsp3) is 0.562. The number of amides is 1. The molecule has 0 atom stereocenters. The van der Waals surface area contributed by atoms with E-state index in [1.165, 1.54) is 4.90 Å². The molecule has 1 aliphatic heterocycles. The van der Waals surface area contributed by atoms with Gasteiger partial charge in [0.2, 0.25) is 0 Å². The highest BCUT2D eigenvalue weighted by molar-refractivity contribution is 5.94. The van der Waals surface area contributed by atoms with Crippen LogP contribution in [0.15, 0.2) is 12.1 Å². The number of nitrogens with zero attached hydrogens (tertiary/aromatic N) is 3. The second-order valence-corrected chi connectivity index (χ2v) is 6.01. The molecule has 0 saturated carbocycles. The van der Waals surface area contributed by atoms with Gasteiger partial charge in [-0.25, -0.2) is 13.2 Å². The van der Waals surface area contributed by atoms with Gasteiger partial charge in [0.1, 0.15) is 0 Å². The molecule has 0 unspecified atom stereocenters. The van der Waals surface area contributed by atoms with Crippen LogP contribution in [0.2, 0.25) is 0 Å². The molecular weight excluding hydrogens is 307 g/mol. The van der Waals surface area contributed by atoms with Gasteiger partial charge in [0.15, 0.2) is 17.5 Å². The van der Waals surface area contributed by atoms with Crippen LogP contribution in [0.4, 0.5) is 13.2 Å². The molecule has 1 heterocycles. The summed E-state index contributed by atoms with van der Waals surface area (Å²) < 4.78 is 39.9. The lowest BCUT2D eigenvalue weighted by Crippen LogP contribution is -2.49. The molecule has 1 fully saturated rings. The lowest BCUT2D eigenvalue weighted by molar-refractivity contribution is 0.0628. The van der Waals surface area contributed by atoms with Crippen LogP contribution in [0, 0.1) is 17.5 Å². The smallest absolute Gasteiger partial charge is 0.257 e. The van der Waals surface area contributed by atoms with Gasteiger partial charge in [-0.3, -0.25) is 9.69 Å². The Hall–Kier alpha value is -1.60. The van der Waals surface area contributed by atoms with Crippen molar-refractivity contribution in [3.8, 4) is 0 Å². The summed E-state index contributed by atoms with van der Waals surface area (Å²) in [6.45, 7) is 4.26. The van der Waals surface area contributed by atoms with Gasteiger partial charge in [0, 0.05) is 26.2 Å². The minimum absolute atomic E-state index is 0.412. The van der Waals surface area contributed by atoms with Gasteiger partial charge in [-0.1, -0.05) is 0 Å². The van der Waals surface area contributed by atoms with Crippen molar-refractivity contribution in [1.82, 2.24) is 14.7 Å². The van der Waals surface area contributed by atoms with Crippen molar-refractivity contribution in [1.29, 1.82) is 0 Å². The SMILES string of the molecule is CN(C)CCCN1CCN(C(=O)c2ccc(F)c(F)c2F)CC1. The van der Waals surface area contributed by atoms with E-state index in [4.69, 9.17) is 0 Å². The summed E-state index contributed by atoms with van der Waals surface area (Å²) in [4.78, 5) is 18.1. The van der Waals surface area contributed by atoms with E-state index in [0.717, 1.165) is 31.6 Å². The predicted octanol–water partition coefficient (Wildman–Crippen LogP) is 1.81. The molecule has 2 rings (SSSR count). The Morgan fingerprint density at radius 1 is 1.09 bits per heavy atom. The molecular formula is C16H22F3N3O. The van der Waals surface area contributed by atoms with Gasteiger partial charge in [-0.15, -0.1) is 0 Å². The Morgan fingerprint density at radius 2 is 1.74 bits per heavy atom. The van der Waals surface area contributed by atoms with Gasteiger partial charge in [0.05, 0.1) is 5.56 Å². The molecule has 128 valence electrons. The second kappa shape index (κ2) is 7.79. The Bertz CT molecular complexity index is 558. The molecule has 0 N–H and O–H groups in total. The predicted molar refractivity (Wildman–Crippen MR) is 81.8 cm³/mol. The van der Waals surface area contributed by atoms with Crippen LogP contribution in [-0.2, 0) is 0 Å². The summed E-state index contributed by atoms with van der Waals surface area (Å²) in [5.41, 5.74) is -0.412. The van der Waals surface area contributed by atoms with E-state index in [2.05, 4.69) is 9.80 Å². The first-order chi connectivity index (χ1) is 10.9. The first kappa shape index (κ1) is 17.7. The molecule has 0 radical (unpaired) electrons. The molecule has 1 aromatic carbocycles. The lowest BCUT2D eigenvalue weighted by Gasteiger charge is -2.35. The summed E-state index contributed by atoms with van der Waals surface area (Å²) >= 11 is 0. The van der Waals surface area contributed by atoms with Gasteiger partial charge >= 0.3 is 0 Å². The van der Waals surface area contributed by atoms with Crippen molar-refractivity contribution in [2.45, 2.75) is 6.42 Å². The zero-order valence-electron chi connectivity index (χ0n) is 13.5. The van der Waals surface area contributed by atoms with Crippen molar-refractivity contribution < 1.29 is 18.0 Å². The fourth-order valence-corrected chi connectivity index (χ4v) is 2.65. The Kier molecular flexibility index (Phi) is 6.01. The van der Waals surface area contributed by atoms with E-state index in [0.29, 0.717) is 26.2 Å². The number of halogens is 3. The summed E-state index contributed by atoms with van der Waals surface area (Å²) in [5, 5.41) is 0. The molecule has 0 aliphatic carbocycles. The molecule has 23 heavy (non-hydrogen) atoms. The molecule has 7 heteroatoms. The maximum Gasteiger partial charge on any atom is 0.257 e. The average molecular weight is 329 g/mol. The largest absolute Gasteiger partial charge is 0.336 e. The molecule has 1 aromatic rings. The third kappa shape index (κ3) is 4.45. The van der Waals surface area contributed by atoms with Crippen molar-refractivity contribution in [3.05, 3.63) is 35.1 Å². The minimum atomic E-state index is -1.60. The van der Waals surface area contributed by atoms with Gasteiger partial charge < -0.3 is 9.80 Å². The van der Waals surface area contributed by atoms with Crippen LogP contribution < -0.4 is 0 Å². The van der Waals surface area contributed by atoms with Crippen LogP contribution >= 0.6 is 0 Å². The number of hydrogen-bond donors (Lipinski definition) is 0. The summed E-state index contributed by atoms with van der Waals surface area (Å²) in [6.07, 6.45) is 1.04. The summed E-state index contributed by atoms with van der Waals surface area (Å²) in [7, 11) is 4.04. The maximum absolute atomic E-state index is 13.7. The van der Waals surface area contributed by atoms with Gasteiger partial charge in [-0.05, 0) is 45.7 Å². The van der Waals surface area contributed by atoms with Crippen molar-refractivity contribution >= 4 is 5.91 Å². The average Bonchev–Trinajstić information content (AvgIpc) is 2.52. The third-order valence-corrected chi connectivity index (χ3v) is 4.00. The Morgan fingerprint density at radius 3 is 2.35 bits per heavy atom. The maximum atomic E-state index is 13.7. The topological polar surface area (TPSA) is 26.8 Å². The lowest BCUT2D eigenvalue weighted by atomic mass is 10.1. The molecule has 0 spiro atoms. The van der Waals surface area contributed by atoms with Crippen LogP contribution in [-0.4, -0.2) is 74.0 Å². The van der Waals surface area contributed by atoms with Crippen LogP contribution in [0.25, 0.3) is 0 Å². The second-order valence-electron chi connectivity index (χ2n) is 6.01. The van der Waals surface area contributed by atoms with Crippen molar-refractivity contribution in [3.63, 3.8) is 0 Å². The van der Waals surface area contributed by atoms with E-state index in [-0.39, 0.29) is 0 Å². The molecule has 0 aromatic heterocycles. The van der Waals surface area contributed by atoms with E-state index in [1.807, 2.05) is 14.1 Å². The number of benzene rings is 1. The fourth-order valence-electron chi connectivity index (χ4n) is 2.65. The number of hydrogen-bond acceptors (Lipinski definition) is 3. The Labute approximate surface area is 134 Å². The van der Waals surface area contributed by atoms with E-state index < -0.39 is 28.9 Å². The molecule has 1 aliphatic rings. The molecule has 1 amide bonds. The van der Waals surface area contributed by atoms with E-state index >= 15 is 0 Å².